The number of aromatic nitrogens is 4. The Hall–Kier alpha value is -2.14. The molecular weight excluding hydrogens is 262 g/mol. The van der Waals surface area contributed by atoms with Gasteiger partial charge in [0, 0.05) is 30.0 Å². The third kappa shape index (κ3) is 1.92. The SMILES string of the molecule is CNc1nnc(-c2ccc(Cl)cc2C)n2ccnc12. The van der Waals surface area contributed by atoms with Crippen molar-refractivity contribution in [3.63, 3.8) is 0 Å². The van der Waals surface area contributed by atoms with E-state index < -0.39 is 0 Å². The predicted molar refractivity (Wildman–Crippen MR) is 75.5 cm³/mol. The number of benzene rings is 1. The summed E-state index contributed by atoms with van der Waals surface area (Å²) in [5.41, 5.74) is 2.79. The van der Waals surface area contributed by atoms with E-state index in [1.54, 1.807) is 13.2 Å². The summed E-state index contributed by atoms with van der Waals surface area (Å²) in [7, 11) is 1.80. The molecule has 0 fully saturated rings. The molecule has 5 nitrogen and oxygen atoms in total. The molecule has 0 unspecified atom stereocenters. The number of aryl methyl sites for hydroxylation is 1. The molecule has 0 amide bonds. The van der Waals surface area contributed by atoms with Crippen LogP contribution in [0.1, 0.15) is 5.56 Å². The second kappa shape index (κ2) is 4.51. The molecule has 2 heterocycles. The molecule has 0 saturated carbocycles. The molecule has 0 atom stereocenters. The third-order valence-electron chi connectivity index (χ3n) is 2.99. The van der Waals surface area contributed by atoms with Gasteiger partial charge in [0.2, 0.25) is 0 Å². The van der Waals surface area contributed by atoms with Crippen molar-refractivity contribution in [2.24, 2.45) is 0 Å². The highest BCUT2D eigenvalue weighted by molar-refractivity contribution is 6.30. The Labute approximate surface area is 115 Å². The van der Waals surface area contributed by atoms with Crippen molar-refractivity contribution in [2.45, 2.75) is 6.92 Å². The second-order valence-electron chi connectivity index (χ2n) is 4.20. The zero-order valence-corrected chi connectivity index (χ0v) is 11.3. The van der Waals surface area contributed by atoms with Crippen molar-refractivity contribution in [1.29, 1.82) is 0 Å². The first kappa shape index (κ1) is 11.9. The van der Waals surface area contributed by atoms with Crippen LogP contribution in [0.4, 0.5) is 5.82 Å². The van der Waals surface area contributed by atoms with Crippen molar-refractivity contribution in [2.75, 3.05) is 12.4 Å². The number of anilines is 1. The Morgan fingerprint density at radius 2 is 2.11 bits per heavy atom. The number of rotatable bonds is 2. The first-order valence-electron chi connectivity index (χ1n) is 5.84. The van der Waals surface area contributed by atoms with Crippen molar-refractivity contribution >= 4 is 23.1 Å². The van der Waals surface area contributed by atoms with Gasteiger partial charge in [-0.2, -0.15) is 0 Å². The summed E-state index contributed by atoms with van der Waals surface area (Å²) in [5.74, 6) is 1.40. The molecule has 3 aromatic rings. The Morgan fingerprint density at radius 1 is 1.26 bits per heavy atom. The van der Waals surface area contributed by atoms with Gasteiger partial charge in [-0.1, -0.05) is 11.6 Å². The average molecular weight is 274 g/mol. The van der Waals surface area contributed by atoms with Gasteiger partial charge >= 0.3 is 0 Å². The molecule has 2 aromatic heterocycles. The zero-order valence-electron chi connectivity index (χ0n) is 10.6. The summed E-state index contributed by atoms with van der Waals surface area (Å²) in [4.78, 5) is 4.29. The van der Waals surface area contributed by atoms with Gasteiger partial charge < -0.3 is 5.32 Å². The Kier molecular flexibility index (Phi) is 2.83. The summed E-state index contributed by atoms with van der Waals surface area (Å²) in [6.07, 6.45) is 3.60. The number of nitrogens with one attached hydrogen (secondary N) is 1. The van der Waals surface area contributed by atoms with Crippen molar-refractivity contribution in [3.05, 3.63) is 41.2 Å². The molecule has 1 aromatic carbocycles. The molecule has 96 valence electrons. The van der Waals surface area contributed by atoms with E-state index in [2.05, 4.69) is 20.5 Å². The number of imidazole rings is 1. The van der Waals surface area contributed by atoms with E-state index in [1.807, 2.05) is 35.7 Å². The monoisotopic (exact) mass is 273 g/mol. The second-order valence-corrected chi connectivity index (χ2v) is 4.64. The standard InChI is InChI=1S/C13H12ClN5/c1-8-7-9(14)3-4-10(8)12-18-17-11(15-2)13-16-5-6-19(12)13/h3-7H,1-2H3,(H,15,17). The summed E-state index contributed by atoms with van der Waals surface area (Å²) < 4.78 is 1.91. The number of nitrogens with zero attached hydrogens (tertiary/aromatic N) is 4. The van der Waals surface area contributed by atoms with E-state index in [0.29, 0.717) is 10.8 Å². The average Bonchev–Trinajstić information content (AvgIpc) is 2.87. The third-order valence-corrected chi connectivity index (χ3v) is 3.23. The van der Waals surface area contributed by atoms with Crippen LogP contribution in [0.25, 0.3) is 17.0 Å². The smallest absolute Gasteiger partial charge is 0.192 e. The van der Waals surface area contributed by atoms with E-state index in [1.165, 1.54) is 0 Å². The molecule has 0 aliphatic carbocycles. The van der Waals surface area contributed by atoms with Crippen molar-refractivity contribution < 1.29 is 0 Å². The number of halogens is 1. The lowest BCUT2D eigenvalue weighted by atomic mass is 10.1. The van der Waals surface area contributed by atoms with E-state index in [0.717, 1.165) is 22.6 Å². The van der Waals surface area contributed by atoms with Gasteiger partial charge in [0.25, 0.3) is 0 Å². The molecule has 0 spiro atoms. The summed E-state index contributed by atoms with van der Waals surface area (Å²) in [5, 5.41) is 12.1. The summed E-state index contributed by atoms with van der Waals surface area (Å²) >= 11 is 5.98. The lowest BCUT2D eigenvalue weighted by molar-refractivity contribution is 0.957. The maximum absolute atomic E-state index is 5.98. The molecule has 0 radical (unpaired) electrons. The van der Waals surface area contributed by atoms with Gasteiger partial charge in [-0.05, 0) is 30.7 Å². The summed E-state index contributed by atoms with van der Waals surface area (Å²) in [6.45, 7) is 2.00. The van der Waals surface area contributed by atoms with E-state index in [9.17, 15) is 0 Å². The van der Waals surface area contributed by atoms with Gasteiger partial charge in [-0.25, -0.2) is 4.98 Å². The molecule has 0 aliphatic rings. The van der Waals surface area contributed by atoms with Gasteiger partial charge in [-0.15, -0.1) is 10.2 Å². The zero-order chi connectivity index (χ0) is 13.4. The van der Waals surface area contributed by atoms with E-state index in [-0.39, 0.29) is 0 Å². The normalized spacial score (nSPS) is 10.9. The maximum Gasteiger partial charge on any atom is 0.192 e. The van der Waals surface area contributed by atoms with Crippen molar-refractivity contribution in [3.8, 4) is 11.4 Å². The molecular formula is C13H12ClN5. The van der Waals surface area contributed by atoms with E-state index >= 15 is 0 Å². The fourth-order valence-electron chi connectivity index (χ4n) is 2.06. The molecule has 19 heavy (non-hydrogen) atoms. The maximum atomic E-state index is 5.98. The topological polar surface area (TPSA) is 55.1 Å². The highest BCUT2D eigenvalue weighted by atomic mass is 35.5. The lowest BCUT2D eigenvalue weighted by Crippen LogP contribution is -2.04. The molecule has 3 rings (SSSR count). The predicted octanol–water partition coefficient (Wildman–Crippen LogP) is 2.79. The molecule has 0 saturated heterocycles. The van der Waals surface area contributed by atoms with E-state index in [4.69, 9.17) is 11.6 Å². The van der Waals surface area contributed by atoms with Crippen LogP contribution in [0.5, 0.6) is 0 Å². The van der Waals surface area contributed by atoms with Crippen molar-refractivity contribution in [1.82, 2.24) is 19.6 Å². The van der Waals surface area contributed by atoms with Crippen LogP contribution in [0.15, 0.2) is 30.6 Å². The molecule has 0 aliphatic heterocycles. The van der Waals surface area contributed by atoms with Crippen LogP contribution in [0.3, 0.4) is 0 Å². The number of hydrogen-bond acceptors (Lipinski definition) is 4. The van der Waals surface area contributed by atoms with Crippen LogP contribution >= 0.6 is 11.6 Å². The van der Waals surface area contributed by atoms with Gasteiger partial charge in [0.15, 0.2) is 17.3 Å². The van der Waals surface area contributed by atoms with Crippen LogP contribution < -0.4 is 5.32 Å². The minimum absolute atomic E-state index is 0.653. The van der Waals surface area contributed by atoms with Gasteiger partial charge in [-0.3, -0.25) is 4.40 Å². The first-order valence-corrected chi connectivity index (χ1v) is 6.22. The quantitative estimate of drug-likeness (QED) is 0.780. The first-order chi connectivity index (χ1) is 9.20. The molecule has 0 bridgehead atoms. The van der Waals surface area contributed by atoms with Crippen LogP contribution in [-0.2, 0) is 0 Å². The Balaban J connectivity index is 2.28. The summed E-state index contributed by atoms with van der Waals surface area (Å²) in [6, 6.07) is 5.70. The van der Waals surface area contributed by atoms with Gasteiger partial charge in [0.1, 0.15) is 0 Å². The largest absolute Gasteiger partial charge is 0.369 e. The molecule has 6 heteroatoms. The minimum Gasteiger partial charge on any atom is -0.369 e. The highest BCUT2D eigenvalue weighted by Gasteiger charge is 2.12. The number of fused-ring (bicyclic) bond motifs is 1. The van der Waals surface area contributed by atoms with Crippen LogP contribution in [-0.4, -0.2) is 26.6 Å². The lowest BCUT2D eigenvalue weighted by Gasteiger charge is -2.09. The Morgan fingerprint density at radius 3 is 2.84 bits per heavy atom. The Bertz CT molecular complexity index is 750. The fraction of sp³-hybridized carbons (Fsp3) is 0.154. The van der Waals surface area contributed by atoms with Crippen LogP contribution in [0, 0.1) is 6.92 Å². The molecule has 1 N–H and O–H groups in total. The van der Waals surface area contributed by atoms with Gasteiger partial charge in [0.05, 0.1) is 0 Å². The van der Waals surface area contributed by atoms with Crippen LogP contribution in [0.2, 0.25) is 5.02 Å². The number of hydrogen-bond donors (Lipinski definition) is 1. The minimum atomic E-state index is 0.653. The highest BCUT2D eigenvalue weighted by Crippen LogP contribution is 2.25. The fourth-order valence-corrected chi connectivity index (χ4v) is 2.29.